The average Bonchev–Trinajstić information content (AvgIpc) is 2.89. The molecular formula is C13H8FNS. The third-order valence-corrected chi connectivity index (χ3v) is 4.18. The van der Waals surface area contributed by atoms with Crippen LogP contribution in [0.15, 0.2) is 35.7 Å². The summed E-state index contributed by atoms with van der Waals surface area (Å²) in [7, 11) is 0. The molecule has 3 heteroatoms. The van der Waals surface area contributed by atoms with E-state index in [1.807, 2.05) is 12.1 Å². The Morgan fingerprint density at radius 3 is 3.12 bits per heavy atom. The minimum absolute atomic E-state index is 0.127. The van der Waals surface area contributed by atoms with Crippen LogP contribution in [-0.2, 0) is 6.54 Å². The van der Waals surface area contributed by atoms with E-state index in [0.717, 1.165) is 23.1 Å². The van der Waals surface area contributed by atoms with Gasteiger partial charge < -0.3 is 4.57 Å². The fourth-order valence-electron chi connectivity index (χ4n) is 2.46. The highest BCUT2D eigenvalue weighted by molar-refractivity contribution is 7.13. The van der Waals surface area contributed by atoms with Crippen LogP contribution < -0.4 is 0 Å². The van der Waals surface area contributed by atoms with Gasteiger partial charge in [-0.2, -0.15) is 0 Å². The Bertz CT molecular complexity index is 708. The van der Waals surface area contributed by atoms with E-state index in [1.165, 1.54) is 16.5 Å². The molecule has 0 spiro atoms. The van der Waals surface area contributed by atoms with Gasteiger partial charge in [-0.25, -0.2) is 4.39 Å². The zero-order chi connectivity index (χ0) is 10.7. The fourth-order valence-corrected chi connectivity index (χ4v) is 3.40. The van der Waals surface area contributed by atoms with E-state index < -0.39 is 0 Å². The van der Waals surface area contributed by atoms with Crippen molar-refractivity contribution >= 4 is 22.2 Å². The van der Waals surface area contributed by atoms with Crippen LogP contribution in [0.5, 0.6) is 0 Å². The third kappa shape index (κ3) is 0.895. The maximum absolute atomic E-state index is 13.6. The molecule has 1 aliphatic heterocycles. The van der Waals surface area contributed by atoms with E-state index in [-0.39, 0.29) is 5.82 Å². The van der Waals surface area contributed by atoms with Gasteiger partial charge in [0.25, 0.3) is 0 Å². The standard InChI is InChI=1S/C13H8FNS/c14-10-2-1-3-11-9(10)6-12-13-8(4-5-16-13)7-15(11)12/h1-6H,7H2. The molecule has 3 heterocycles. The number of halogens is 1. The lowest BCUT2D eigenvalue weighted by Crippen LogP contribution is -1.92. The zero-order valence-electron chi connectivity index (χ0n) is 8.40. The van der Waals surface area contributed by atoms with Crippen molar-refractivity contribution in [1.82, 2.24) is 4.57 Å². The summed E-state index contributed by atoms with van der Waals surface area (Å²) in [5, 5.41) is 2.83. The largest absolute Gasteiger partial charge is 0.335 e. The highest BCUT2D eigenvalue weighted by atomic mass is 32.1. The van der Waals surface area contributed by atoms with Crippen molar-refractivity contribution < 1.29 is 4.39 Å². The molecule has 16 heavy (non-hydrogen) atoms. The van der Waals surface area contributed by atoms with Gasteiger partial charge in [-0.1, -0.05) is 6.07 Å². The first-order valence-corrected chi connectivity index (χ1v) is 6.07. The molecule has 0 bridgehead atoms. The molecule has 0 aliphatic carbocycles. The Hall–Kier alpha value is -1.61. The van der Waals surface area contributed by atoms with Gasteiger partial charge in [0, 0.05) is 11.9 Å². The molecule has 1 aromatic carbocycles. The number of benzene rings is 1. The van der Waals surface area contributed by atoms with Crippen molar-refractivity contribution in [3.8, 4) is 10.6 Å². The second-order valence-corrected chi connectivity index (χ2v) is 4.98. The molecule has 0 saturated heterocycles. The van der Waals surface area contributed by atoms with E-state index in [0.29, 0.717) is 0 Å². The van der Waals surface area contributed by atoms with Crippen LogP contribution in [-0.4, -0.2) is 4.57 Å². The number of hydrogen-bond donors (Lipinski definition) is 0. The van der Waals surface area contributed by atoms with Gasteiger partial charge in [0.2, 0.25) is 0 Å². The van der Waals surface area contributed by atoms with Gasteiger partial charge in [0.05, 0.1) is 16.1 Å². The van der Waals surface area contributed by atoms with Crippen LogP contribution in [0.4, 0.5) is 4.39 Å². The minimum Gasteiger partial charge on any atom is -0.335 e. The summed E-state index contributed by atoms with van der Waals surface area (Å²) in [6, 6.07) is 9.40. The Morgan fingerprint density at radius 1 is 1.25 bits per heavy atom. The van der Waals surface area contributed by atoms with Crippen LogP contribution in [0.25, 0.3) is 21.5 Å². The van der Waals surface area contributed by atoms with Gasteiger partial charge >= 0.3 is 0 Å². The number of rotatable bonds is 0. The average molecular weight is 229 g/mol. The molecule has 2 aromatic heterocycles. The predicted molar refractivity (Wildman–Crippen MR) is 64.3 cm³/mol. The highest BCUT2D eigenvalue weighted by Gasteiger charge is 2.22. The topological polar surface area (TPSA) is 4.93 Å². The second kappa shape index (κ2) is 2.74. The Labute approximate surface area is 95.8 Å². The molecule has 3 aromatic rings. The normalized spacial score (nSPS) is 13.1. The molecule has 78 valence electrons. The lowest BCUT2D eigenvalue weighted by atomic mass is 10.2. The Balaban J connectivity index is 2.15. The summed E-state index contributed by atoms with van der Waals surface area (Å²) in [5.41, 5.74) is 3.51. The van der Waals surface area contributed by atoms with Gasteiger partial charge in [0.1, 0.15) is 5.82 Å². The highest BCUT2D eigenvalue weighted by Crippen LogP contribution is 2.40. The Kier molecular flexibility index (Phi) is 1.46. The van der Waals surface area contributed by atoms with E-state index in [9.17, 15) is 4.39 Å². The van der Waals surface area contributed by atoms with E-state index >= 15 is 0 Å². The van der Waals surface area contributed by atoms with E-state index in [2.05, 4.69) is 16.0 Å². The van der Waals surface area contributed by atoms with Crippen molar-refractivity contribution in [2.75, 3.05) is 0 Å². The zero-order valence-corrected chi connectivity index (χ0v) is 9.22. The molecule has 0 atom stereocenters. The smallest absolute Gasteiger partial charge is 0.132 e. The molecule has 4 rings (SSSR count). The molecular weight excluding hydrogens is 221 g/mol. The molecule has 0 amide bonds. The SMILES string of the molecule is Fc1cccc2c1cc1n2Cc2ccsc2-1. The van der Waals surface area contributed by atoms with Crippen LogP contribution in [0.3, 0.4) is 0 Å². The molecule has 0 saturated carbocycles. The minimum atomic E-state index is -0.127. The number of nitrogens with zero attached hydrogens (tertiary/aromatic N) is 1. The lowest BCUT2D eigenvalue weighted by molar-refractivity contribution is 0.639. The van der Waals surface area contributed by atoms with Crippen molar-refractivity contribution in [3.63, 3.8) is 0 Å². The predicted octanol–water partition coefficient (Wildman–Crippen LogP) is 3.87. The Morgan fingerprint density at radius 2 is 2.19 bits per heavy atom. The fraction of sp³-hybridized carbons (Fsp3) is 0.0769. The lowest BCUT2D eigenvalue weighted by Gasteiger charge is -2.00. The van der Waals surface area contributed by atoms with Gasteiger partial charge in [-0.15, -0.1) is 11.3 Å². The summed E-state index contributed by atoms with van der Waals surface area (Å²) < 4.78 is 15.8. The molecule has 0 N–H and O–H groups in total. The number of thiophene rings is 1. The van der Waals surface area contributed by atoms with Crippen molar-refractivity contribution in [2.24, 2.45) is 0 Å². The first-order valence-electron chi connectivity index (χ1n) is 5.19. The number of hydrogen-bond acceptors (Lipinski definition) is 1. The van der Waals surface area contributed by atoms with Crippen molar-refractivity contribution in [1.29, 1.82) is 0 Å². The van der Waals surface area contributed by atoms with Crippen LogP contribution >= 0.6 is 11.3 Å². The summed E-state index contributed by atoms with van der Waals surface area (Å²) >= 11 is 1.73. The molecule has 0 fully saturated rings. The quantitative estimate of drug-likeness (QED) is 0.431. The number of aromatic nitrogens is 1. The third-order valence-electron chi connectivity index (χ3n) is 3.20. The maximum atomic E-state index is 13.6. The van der Waals surface area contributed by atoms with Gasteiger partial charge in [0.15, 0.2) is 0 Å². The van der Waals surface area contributed by atoms with Gasteiger partial charge in [-0.3, -0.25) is 0 Å². The van der Waals surface area contributed by atoms with Crippen LogP contribution in [0.1, 0.15) is 5.56 Å². The summed E-state index contributed by atoms with van der Waals surface area (Å²) in [6.07, 6.45) is 0. The van der Waals surface area contributed by atoms with Crippen molar-refractivity contribution in [3.05, 3.63) is 47.1 Å². The summed E-state index contributed by atoms with van der Waals surface area (Å²) in [6.45, 7) is 0.876. The monoisotopic (exact) mass is 229 g/mol. The van der Waals surface area contributed by atoms with E-state index in [1.54, 1.807) is 17.4 Å². The van der Waals surface area contributed by atoms with Crippen LogP contribution in [0.2, 0.25) is 0 Å². The molecule has 1 aliphatic rings. The molecule has 0 radical (unpaired) electrons. The van der Waals surface area contributed by atoms with E-state index in [4.69, 9.17) is 0 Å². The van der Waals surface area contributed by atoms with Gasteiger partial charge in [-0.05, 0) is 35.2 Å². The van der Waals surface area contributed by atoms with Crippen LogP contribution in [0, 0.1) is 5.82 Å². The first kappa shape index (κ1) is 8.53. The summed E-state index contributed by atoms with van der Waals surface area (Å²) in [5.74, 6) is -0.127. The number of fused-ring (bicyclic) bond motifs is 5. The van der Waals surface area contributed by atoms with Crippen molar-refractivity contribution in [2.45, 2.75) is 6.54 Å². The first-order chi connectivity index (χ1) is 7.84. The molecule has 0 unspecified atom stereocenters. The maximum Gasteiger partial charge on any atom is 0.132 e. The second-order valence-electron chi connectivity index (χ2n) is 4.06. The molecule has 1 nitrogen and oxygen atoms in total. The summed E-state index contributed by atoms with van der Waals surface area (Å²) in [4.78, 5) is 1.29.